The summed E-state index contributed by atoms with van der Waals surface area (Å²) < 4.78 is 0. The highest BCUT2D eigenvalue weighted by Gasteiger charge is 2.23. The fourth-order valence-electron chi connectivity index (χ4n) is 3.95. The van der Waals surface area contributed by atoms with Crippen LogP contribution in [0.4, 0.5) is 5.82 Å². The van der Waals surface area contributed by atoms with Crippen LogP contribution in [0.2, 0.25) is 0 Å². The van der Waals surface area contributed by atoms with E-state index in [0.717, 1.165) is 53.9 Å². The fraction of sp³-hybridized carbons (Fsp3) is 0.217. The Bertz CT molecular complexity index is 1090. The van der Waals surface area contributed by atoms with Crippen molar-refractivity contribution in [1.29, 1.82) is 0 Å². The van der Waals surface area contributed by atoms with Gasteiger partial charge < -0.3 is 15.2 Å². The lowest BCUT2D eigenvalue weighted by Gasteiger charge is -2.32. The number of carbonyl (C=O) groups is 1. The Kier molecular flexibility index (Phi) is 4.52. The molecule has 3 heterocycles. The molecule has 2 aromatic heterocycles. The number of hydrogen-bond donors (Lipinski definition) is 3. The molecule has 2 aromatic carbocycles. The van der Waals surface area contributed by atoms with Crippen molar-refractivity contribution in [2.45, 2.75) is 18.9 Å². The number of hydrogen-bond acceptors (Lipinski definition) is 3. The summed E-state index contributed by atoms with van der Waals surface area (Å²) in [4.78, 5) is 18.1. The van der Waals surface area contributed by atoms with Gasteiger partial charge in [0.25, 0.3) is 5.91 Å². The third-order valence-corrected chi connectivity index (χ3v) is 5.58. The molecule has 0 unspecified atom stereocenters. The number of fused-ring (bicyclic) bond motifs is 1. The van der Waals surface area contributed by atoms with Crippen molar-refractivity contribution in [2.24, 2.45) is 0 Å². The van der Waals surface area contributed by atoms with E-state index in [0.29, 0.717) is 5.69 Å². The molecular weight excluding hydrogens is 362 g/mol. The van der Waals surface area contributed by atoms with Crippen molar-refractivity contribution in [3.05, 3.63) is 72.4 Å². The van der Waals surface area contributed by atoms with Crippen LogP contribution in [0.3, 0.4) is 0 Å². The minimum absolute atomic E-state index is 0.0363. The number of piperidine rings is 1. The van der Waals surface area contributed by atoms with E-state index < -0.39 is 0 Å². The normalized spacial score (nSPS) is 15.0. The minimum Gasteiger partial charge on any atom is -0.355 e. The second kappa shape index (κ2) is 7.47. The lowest BCUT2D eigenvalue weighted by atomic mass is 10.0. The minimum atomic E-state index is -0.0363. The van der Waals surface area contributed by atoms with Gasteiger partial charge in [-0.3, -0.25) is 9.89 Å². The molecular formula is C23H23N5O. The number of anilines is 1. The third-order valence-electron chi connectivity index (χ3n) is 5.58. The SMILES string of the molecule is O=C(NC1CCN(c2cc(-c3ccccc3)[nH]n2)CC1)c1cc2ccccc2[nH]1. The number of benzene rings is 2. The molecule has 5 rings (SSSR count). The van der Waals surface area contributed by atoms with E-state index in [2.05, 4.69) is 43.6 Å². The van der Waals surface area contributed by atoms with E-state index in [1.54, 1.807) is 0 Å². The predicted octanol–water partition coefficient (Wildman–Crippen LogP) is 3.96. The molecule has 4 aromatic rings. The Morgan fingerprint density at radius 1 is 1.00 bits per heavy atom. The maximum atomic E-state index is 12.6. The lowest BCUT2D eigenvalue weighted by molar-refractivity contribution is 0.0927. The van der Waals surface area contributed by atoms with E-state index in [9.17, 15) is 4.79 Å². The van der Waals surface area contributed by atoms with Crippen molar-refractivity contribution in [2.75, 3.05) is 18.0 Å². The summed E-state index contributed by atoms with van der Waals surface area (Å²) in [6.07, 6.45) is 1.80. The van der Waals surface area contributed by atoms with Gasteiger partial charge in [-0.25, -0.2) is 0 Å². The van der Waals surface area contributed by atoms with Gasteiger partial charge in [-0.05, 0) is 30.5 Å². The van der Waals surface area contributed by atoms with Gasteiger partial charge in [0.1, 0.15) is 5.69 Å². The van der Waals surface area contributed by atoms with Gasteiger partial charge in [-0.15, -0.1) is 0 Å². The zero-order valence-corrected chi connectivity index (χ0v) is 16.1. The van der Waals surface area contributed by atoms with Crippen molar-refractivity contribution >= 4 is 22.6 Å². The summed E-state index contributed by atoms with van der Waals surface area (Å²) in [7, 11) is 0. The number of rotatable bonds is 4. The molecule has 0 atom stereocenters. The molecule has 0 spiro atoms. The van der Waals surface area contributed by atoms with Crippen LogP contribution in [0.5, 0.6) is 0 Å². The van der Waals surface area contributed by atoms with Crippen LogP contribution in [-0.2, 0) is 0 Å². The molecule has 1 saturated heterocycles. The molecule has 0 aliphatic carbocycles. The molecule has 3 N–H and O–H groups in total. The van der Waals surface area contributed by atoms with Crippen LogP contribution >= 0.6 is 0 Å². The van der Waals surface area contributed by atoms with E-state index >= 15 is 0 Å². The van der Waals surface area contributed by atoms with Crippen molar-refractivity contribution in [3.63, 3.8) is 0 Å². The average molecular weight is 385 g/mol. The second-order valence-corrected chi connectivity index (χ2v) is 7.51. The number of H-pyrrole nitrogens is 2. The molecule has 6 heteroatoms. The molecule has 29 heavy (non-hydrogen) atoms. The molecule has 1 fully saturated rings. The predicted molar refractivity (Wildman–Crippen MR) is 115 cm³/mol. The van der Waals surface area contributed by atoms with E-state index in [-0.39, 0.29) is 11.9 Å². The average Bonchev–Trinajstić information content (AvgIpc) is 3.42. The largest absolute Gasteiger partial charge is 0.355 e. The molecule has 0 saturated carbocycles. The summed E-state index contributed by atoms with van der Waals surface area (Å²) >= 11 is 0. The Balaban J connectivity index is 1.19. The lowest BCUT2D eigenvalue weighted by Crippen LogP contribution is -2.44. The maximum Gasteiger partial charge on any atom is 0.267 e. The van der Waals surface area contributed by atoms with Crippen molar-refractivity contribution < 1.29 is 4.79 Å². The summed E-state index contributed by atoms with van der Waals surface area (Å²) in [5.74, 6) is 0.926. The van der Waals surface area contributed by atoms with E-state index in [1.807, 2.05) is 48.5 Å². The van der Waals surface area contributed by atoms with E-state index in [4.69, 9.17) is 0 Å². The van der Waals surface area contributed by atoms with Crippen LogP contribution in [0.25, 0.3) is 22.2 Å². The third kappa shape index (κ3) is 3.61. The van der Waals surface area contributed by atoms with Crippen LogP contribution in [0.15, 0.2) is 66.7 Å². The summed E-state index contributed by atoms with van der Waals surface area (Å²) in [6.45, 7) is 1.74. The molecule has 1 aliphatic heterocycles. The molecule has 146 valence electrons. The van der Waals surface area contributed by atoms with Gasteiger partial charge >= 0.3 is 0 Å². The zero-order chi connectivity index (χ0) is 19.6. The van der Waals surface area contributed by atoms with Crippen LogP contribution < -0.4 is 10.2 Å². The first-order chi connectivity index (χ1) is 14.3. The van der Waals surface area contributed by atoms with Gasteiger partial charge in [0.05, 0.1) is 5.69 Å². The number of carbonyl (C=O) groups excluding carboxylic acids is 1. The first kappa shape index (κ1) is 17.6. The molecule has 6 nitrogen and oxygen atoms in total. The van der Waals surface area contributed by atoms with Crippen LogP contribution in [0, 0.1) is 0 Å². The Morgan fingerprint density at radius 2 is 1.76 bits per heavy atom. The van der Waals surface area contributed by atoms with Crippen molar-refractivity contribution in [3.8, 4) is 11.3 Å². The summed E-state index contributed by atoms with van der Waals surface area (Å²) in [6, 6.07) is 22.3. The van der Waals surface area contributed by atoms with Crippen LogP contribution in [-0.4, -0.2) is 40.2 Å². The Morgan fingerprint density at radius 3 is 2.55 bits per heavy atom. The molecule has 1 aliphatic rings. The standard InChI is InChI=1S/C23H23N5O/c29-23(21-14-17-8-4-5-9-19(17)25-21)24-18-10-12-28(13-11-18)22-15-20(26-27-22)16-6-2-1-3-7-16/h1-9,14-15,18,25H,10-13H2,(H,24,29)(H,26,27). The van der Waals surface area contributed by atoms with E-state index in [1.165, 1.54) is 0 Å². The fourth-order valence-corrected chi connectivity index (χ4v) is 3.95. The quantitative estimate of drug-likeness (QED) is 0.498. The summed E-state index contributed by atoms with van der Waals surface area (Å²) in [5, 5.41) is 11.8. The Hall–Kier alpha value is -3.54. The highest BCUT2D eigenvalue weighted by Crippen LogP contribution is 2.24. The number of para-hydroxylation sites is 1. The van der Waals surface area contributed by atoms with Gasteiger partial charge in [0.2, 0.25) is 0 Å². The number of aromatic nitrogens is 3. The van der Waals surface area contributed by atoms with Gasteiger partial charge in [0.15, 0.2) is 5.82 Å². The highest BCUT2D eigenvalue weighted by molar-refractivity contribution is 5.98. The monoisotopic (exact) mass is 385 g/mol. The number of aromatic amines is 2. The van der Waals surface area contributed by atoms with Gasteiger partial charge in [0, 0.05) is 36.1 Å². The smallest absolute Gasteiger partial charge is 0.267 e. The number of nitrogens with zero attached hydrogens (tertiary/aromatic N) is 2. The van der Waals surface area contributed by atoms with Crippen molar-refractivity contribution in [1.82, 2.24) is 20.5 Å². The number of amides is 1. The Labute approximate surface area is 168 Å². The molecule has 0 radical (unpaired) electrons. The first-order valence-electron chi connectivity index (χ1n) is 10.0. The molecule has 1 amide bonds. The zero-order valence-electron chi connectivity index (χ0n) is 16.1. The molecule has 0 bridgehead atoms. The second-order valence-electron chi connectivity index (χ2n) is 7.51. The number of nitrogens with one attached hydrogen (secondary N) is 3. The first-order valence-corrected chi connectivity index (χ1v) is 10.0. The van der Waals surface area contributed by atoms with Gasteiger partial charge in [-0.1, -0.05) is 48.5 Å². The van der Waals surface area contributed by atoms with Gasteiger partial charge in [-0.2, -0.15) is 5.10 Å². The topological polar surface area (TPSA) is 76.8 Å². The summed E-state index contributed by atoms with van der Waals surface area (Å²) in [5.41, 5.74) is 3.76. The highest BCUT2D eigenvalue weighted by atomic mass is 16.1. The maximum absolute atomic E-state index is 12.6. The van der Waals surface area contributed by atoms with Crippen LogP contribution in [0.1, 0.15) is 23.3 Å².